The van der Waals surface area contributed by atoms with Gasteiger partial charge in [0, 0.05) is 6.54 Å². The number of nitrogens with one attached hydrogen (secondary N) is 1. The Morgan fingerprint density at radius 3 is 2.94 bits per heavy atom. The number of hydrogen-bond donors (Lipinski definition) is 2. The van der Waals surface area contributed by atoms with Crippen LogP contribution in [0.5, 0.6) is 5.75 Å². The number of aliphatic hydroxyl groups is 1. The SMILES string of the molecule is N#Cc1ccccc1OCC(=O)NCCO. The Bertz CT molecular complexity index is 398. The summed E-state index contributed by atoms with van der Waals surface area (Å²) in [6.07, 6.45) is 0. The van der Waals surface area contributed by atoms with Crippen molar-refractivity contribution in [2.45, 2.75) is 0 Å². The second-order valence-electron chi connectivity index (χ2n) is 2.97. The van der Waals surface area contributed by atoms with E-state index in [0.29, 0.717) is 11.3 Å². The van der Waals surface area contributed by atoms with Crippen molar-refractivity contribution in [2.24, 2.45) is 0 Å². The topological polar surface area (TPSA) is 82.3 Å². The molecule has 0 aliphatic rings. The van der Waals surface area contributed by atoms with Crippen LogP contribution in [0.4, 0.5) is 0 Å². The van der Waals surface area contributed by atoms with Gasteiger partial charge in [0.05, 0.1) is 12.2 Å². The third-order valence-electron chi connectivity index (χ3n) is 1.80. The zero-order chi connectivity index (χ0) is 11.8. The van der Waals surface area contributed by atoms with E-state index in [-0.39, 0.29) is 25.7 Å². The lowest BCUT2D eigenvalue weighted by Crippen LogP contribution is -2.31. The van der Waals surface area contributed by atoms with Gasteiger partial charge in [-0.2, -0.15) is 5.26 Å². The van der Waals surface area contributed by atoms with E-state index in [1.807, 2.05) is 6.07 Å². The Morgan fingerprint density at radius 2 is 2.25 bits per heavy atom. The van der Waals surface area contributed by atoms with E-state index in [4.69, 9.17) is 15.1 Å². The van der Waals surface area contributed by atoms with Gasteiger partial charge >= 0.3 is 0 Å². The Hall–Kier alpha value is -2.06. The number of nitrogens with zero attached hydrogens (tertiary/aromatic N) is 1. The van der Waals surface area contributed by atoms with E-state index >= 15 is 0 Å². The summed E-state index contributed by atoms with van der Waals surface area (Å²) in [5.74, 6) is 0.0472. The number of ether oxygens (including phenoxy) is 1. The normalized spacial score (nSPS) is 9.25. The van der Waals surface area contributed by atoms with Gasteiger partial charge in [0.25, 0.3) is 5.91 Å². The molecule has 1 rings (SSSR count). The molecular weight excluding hydrogens is 208 g/mol. The molecule has 0 atom stereocenters. The predicted molar refractivity (Wildman–Crippen MR) is 56.7 cm³/mol. The molecule has 1 aromatic rings. The molecular formula is C11H12N2O3. The van der Waals surface area contributed by atoms with Gasteiger partial charge in [0.15, 0.2) is 6.61 Å². The molecule has 0 aromatic heterocycles. The van der Waals surface area contributed by atoms with Crippen molar-refractivity contribution >= 4 is 5.91 Å². The minimum atomic E-state index is -0.332. The Morgan fingerprint density at radius 1 is 1.50 bits per heavy atom. The van der Waals surface area contributed by atoms with Crippen molar-refractivity contribution in [3.63, 3.8) is 0 Å². The Kier molecular flexibility index (Phi) is 4.83. The highest BCUT2D eigenvalue weighted by Gasteiger charge is 2.05. The molecule has 5 heteroatoms. The van der Waals surface area contributed by atoms with Crippen LogP contribution in [0.3, 0.4) is 0 Å². The summed E-state index contributed by atoms with van der Waals surface area (Å²) in [5, 5.41) is 19.7. The molecule has 0 aliphatic carbocycles. The van der Waals surface area contributed by atoms with E-state index < -0.39 is 0 Å². The third kappa shape index (κ3) is 3.59. The molecule has 2 N–H and O–H groups in total. The van der Waals surface area contributed by atoms with Crippen molar-refractivity contribution in [3.05, 3.63) is 29.8 Å². The maximum atomic E-state index is 11.1. The van der Waals surface area contributed by atoms with Crippen LogP contribution >= 0.6 is 0 Å². The Labute approximate surface area is 93.3 Å². The minimum Gasteiger partial charge on any atom is -0.482 e. The van der Waals surface area contributed by atoms with Crippen LogP contribution in [0.15, 0.2) is 24.3 Å². The average Bonchev–Trinajstić information content (AvgIpc) is 2.34. The standard InChI is InChI=1S/C11H12N2O3/c12-7-9-3-1-2-4-10(9)16-8-11(15)13-5-6-14/h1-4,14H,5-6,8H2,(H,13,15). The summed E-state index contributed by atoms with van der Waals surface area (Å²) in [5.41, 5.74) is 0.387. The molecule has 5 nitrogen and oxygen atoms in total. The van der Waals surface area contributed by atoms with Crippen molar-refractivity contribution in [1.82, 2.24) is 5.32 Å². The van der Waals surface area contributed by atoms with Crippen molar-refractivity contribution in [1.29, 1.82) is 5.26 Å². The molecule has 0 saturated heterocycles. The summed E-state index contributed by atoms with van der Waals surface area (Å²) in [4.78, 5) is 11.1. The fourth-order valence-electron chi connectivity index (χ4n) is 1.07. The summed E-state index contributed by atoms with van der Waals surface area (Å²) >= 11 is 0. The highest BCUT2D eigenvalue weighted by atomic mass is 16.5. The number of carbonyl (C=O) groups is 1. The number of amides is 1. The quantitative estimate of drug-likeness (QED) is 0.734. The van der Waals surface area contributed by atoms with Crippen LogP contribution in [0.1, 0.15) is 5.56 Å². The highest BCUT2D eigenvalue weighted by molar-refractivity contribution is 5.77. The highest BCUT2D eigenvalue weighted by Crippen LogP contribution is 2.15. The van der Waals surface area contributed by atoms with Crippen LogP contribution in [0, 0.1) is 11.3 Å². The smallest absolute Gasteiger partial charge is 0.258 e. The van der Waals surface area contributed by atoms with Gasteiger partial charge in [0.2, 0.25) is 0 Å². The molecule has 1 amide bonds. The monoisotopic (exact) mass is 220 g/mol. The first-order valence-corrected chi connectivity index (χ1v) is 4.77. The molecule has 16 heavy (non-hydrogen) atoms. The van der Waals surface area contributed by atoms with E-state index in [1.165, 1.54) is 0 Å². The fourth-order valence-corrected chi connectivity index (χ4v) is 1.07. The largest absolute Gasteiger partial charge is 0.482 e. The first kappa shape index (κ1) is 12.0. The number of para-hydroxylation sites is 1. The van der Waals surface area contributed by atoms with Gasteiger partial charge in [-0.3, -0.25) is 4.79 Å². The van der Waals surface area contributed by atoms with Crippen LogP contribution < -0.4 is 10.1 Å². The van der Waals surface area contributed by atoms with Gasteiger partial charge in [-0.25, -0.2) is 0 Å². The fraction of sp³-hybridized carbons (Fsp3) is 0.273. The maximum absolute atomic E-state index is 11.1. The summed E-state index contributed by atoms with van der Waals surface area (Å²) in [6.45, 7) is -0.0820. The molecule has 0 saturated carbocycles. The van der Waals surface area contributed by atoms with Crippen LogP contribution in [0.2, 0.25) is 0 Å². The van der Waals surface area contributed by atoms with Crippen LogP contribution in [-0.2, 0) is 4.79 Å². The number of rotatable bonds is 5. The molecule has 0 spiro atoms. The molecule has 0 fully saturated rings. The molecule has 84 valence electrons. The molecule has 0 aliphatic heterocycles. The van der Waals surface area contributed by atoms with Crippen molar-refractivity contribution < 1.29 is 14.6 Å². The van der Waals surface area contributed by atoms with E-state index in [2.05, 4.69) is 5.32 Å². The third-order valence-corrected chi connectivity index (χ3v) is 1.80. The predicted octanol–water partition coefficient (Wildman–Crippen LogP) is 0.0456. The summed E-state index contributed by atoms with van der Waals surface area (Å²) in [7, 11) is 0. The van der Waals surface area contributed by atoms with Gasteiger partial charge in [-0.05, 0) is 12.1 Å². The van der Waals surface area contributed by atoms with Gasteiger partial charge < -0.3 is 15.2 Å². The van der Waals surface area contributed by atoms with Gasteiger partial charge in [-0.15, -0.1) is 0 Å². The van der Waals surface area contributed by atoms with Crippen molar-refractivity contribution in [2.75, 3.05) is 19.8 Å². The Balaban J connectivity index is 2.48. The maximum Gasteiger partial charge on any atom is 0.258 e. The number of carbonyl (C=O) groups excluding carboxylic acids is 1. The minimum absolute atomic E-state index is 0.111. The second-order valence-corrected chi connectivity index (χ2v) is 2.97. The molecule has 0 bridgehead atoms. The first-order chi connectivity index (χ1) is 7.77. The van der Waals surface area contributed by atoms with Crippen molar-refractivity contribution in [3.8, 4) is 11.8 Å². The van der Waals surface area contributed by atoms with E-state index in [0.717, 1.165) is 0 Å². The lowest BCUT2D eigenvalue weighted by molar-refractivity contribution is -0.123. The van der Waals surface area contributed by atoms with Gasteiger partial charge in [0.1, 0.15) is 11.8 Å². The van der Waals surface area contributed by atoms with E-state index in [9.17, 15) is 4.79 Å². The summed E-state index contributed by atoms with van der Waals surface area (Å²) < 4.78 is 5.17. The first-order valence-electron chi connectivity index (χ1n) is 4.77. The number of aliphatic hydroxyl groups excluding tert-OH is 1. The van der Waals surface area contributed by atoms with Crippen LogP contribution in [-0.4, -0.2) is 30.8 Å². The van der Waals surface area contributed by atoms with Crippen LogP contribution in [0.25, 0.3) is 0 Å². The number of hydrogen-bond acceptors (Lipinski definition) is 4. The molecule has 0 unspecified atom stereocenters. The molecule has 1 aromatic carbocycles. The lowest BCUT2D eigenvalue weighted by atomic mass is 10.2. The number of benzene rings is 1. The lowest BCUT2D eigenvalue weighted by Gasteiger charge is -2.07. The average molecular weight is 220 g/mol. The zero-order valence-corrected chi connectivity index (χ0v) is 8.64. The zero-order valence-electron chi connectivity index (χ0n) is 8.64. The molecule has 0 radical (unpaired) electrons. The number of nitriles is 1. The summed E-state index contributed by atoms with van der Waals surface area (Å²) in [6, 6.07) is 8.64. The van der Waals surface area contributed by atoms with Gasteiger partial charge in [-0.1, -0.05) is 12.1 Å². The van der Waals surface area contributed by atoms with E-state index in [1.54, 1.807) is 24.3 Å². The second kappa shape index (κ2) is 6.43. The molecule has 0 heterocycles.